The summed E-state index contributed by atoms with van der Waals surface area (Å²) in [6, 6.07) is 6.31. The predicted molar refractivity (Wildman–Crippen MR) is 73.3 cm³/mol. The first-order valence-electron chi connectivity index (χ1n) is 5.91. The van der Waals surface area contributed by atoms with Crippen molar-refractivity contribution in [2.75, 3.05) is 0 Å². The lowest BCUT2D eigenvalue weighted by Gasteiger charge is -2.06. The van der Waals surface area contributed by atoms with E-state index in [4.69, 9.17) is 10.0 Å². The Morgan fingerprint density at radius 3 is 2.22 bits per heavy atom. The first-order chi connectivity index (χ1) is 8.38. The molecule has 0 saturated heterocycles. The minimum absolute atomic E-state index is 0.314. The Hall–Kier alpha value is -1.42. The molecule has 0 radical (unpaired) electrons. The zero-order valence-corrected chi connectivity index (χ0v) is 11.3. The number of isocyanates is 1. The number of aliphatic imine (C=N–C) groups is 1. The highest BCUT2D eigenvalue weighted by atomic mass is 16.4. The van der Waals surface area contributed by atoms with E-state index in [2.05, 4.69) is 25.8 Å². The number of benzene rings is 1. The van der Waals surface area contributed by atoms with Crippen LogP contribution in [0.2, 0.25) is 0 Å². The maximum atomic E-state index is 10.0. The average Bonchev–Trinajstić information content (AvgIpc) is 2.28. The van der Waals surface area contributed by atoms with E-state index in [1.54, 1.807) is 31.2 Å². The largest absolute Gasteiger partial charge is 0.488 e. The molecule has 0 heterocycles. The molecule has 5 heteroatoms. The molecule has 1 unspecified atom stereocenters. The van der Waals surface area contributed by atoms with Crippen LogP contribution in [0.3, 0.4) is 0 Å². The lowest BCUT2D eigenvalue weighted by molar-refractivity contribution is 0.425. The highest BCUT2D eigenvalue weighted by Gasteiger charge is 2.12. The van der Waals surface area contributed by atoms with Crippen molar-refractivity contribution in [2.45, 2.75) is 33.7 Å². The molecule has 2 N–H and O–H groups in total. The van der Waals surface area contributed by atoms with Gasteiger partial charge in [0.05, 0.1) is 6.04 Å². The second kappa shape index (κ2) is 8.64. The van der Waals surface area contributed by atoms with E-state index in [1.807, 2.05) is 0 Å². The van der Waals surface area contributed by atoms with Gasteiger partial charge < -0.3 is 10.0 Å². The lowest BCUT2D eigenvalue weighted by Crippen LogP contribution is -2.29. The Balaban J connectivity index is 0.000000631. The second-order valence-corrected chi connectivity index (χ2v) is 4.67. The quantitative estimate of drug-likeness (QED) is 0.483. The fraction of sp³-hybridized carbons (Fsp3) is 0.462. The molecule has 1 aromatic rings. The monoisotopic (exact) mass is 249 g/mol. The molecule has 0 saturated carbocycles. The van der Waals surface area contributed by atoms with Crippen molar-refractivity contribution in [1.82, 2.24) is 0 Å². The van der Waals surface area contributed by atoms with Crippen LogP contribution < -0.4 is 5.46 Å². The third-order valence-corrected chi connectivity index (χ3v) is 1.94. The normalized spacial score (nSPS) is 11.1. The molecule has 0 fully saturated rings. The third-order valence-electron chi connectivity index (χ3n) is 1.94. The minimum Gasteiger partial charge on any atom is -0.423 e. The first kappa shape index (κ1) is 16.6. The van der Waals surface area contributed by atoms with Gasteiger partial charge in [0, 0.05) is 0 Å². The summed E-state index contributed by atoms with van der Waals surface area (Å²) < 4.78 is 0. The van der Waals surface area contributed by atoms with Crippen LogP contribution in [-0.4, -0.2) is 23.2 Å². The van der Waals surface area contributed by atoms with E-state index in [0.717, 1.165) is 11.5 Å². The molecule has 0 aliphatic carbocycles. The topological polar surface area (TPSA) is 69.9 Å². The Morgan fingerprint density at radius 1 is 1.22 bits per heavy atom. The Kier molecular flexibility index (Phi) is 7.96. The SMILES string of the molecule is CC(C)C.CC(N=C=O)c1cccc(B(O)O)c1. The van der Waals surface area contributed by atoms with Crippen LogP contribution in [0.5, 0.6) is 0 Å². The summed E-state index contributed by atoms with van der Waals surface area (Å²) >= 11 is 0. The maximum absolute atomic E-state index is 10.0. The van der Waals surface area contributed by atoms with E-state index in [-0.39, 0.29) is 6.04 Å². The molecule has 0 amide bonds. The molecule has 4 nitrogen and oxygen atoms in total. The Labute approximate surface area is 109 Å². The van der Waals surface area contributed by atoms with E-state index in [9.17, 15) is 4.79 Å². The first-order valence-corrected chi connectivity index (χ1v) is 5.91. The lowest BCUT2D eigenvalue weighted by atomic mass is 9.79. The van der Waals surface area contributed by atoms with Crippen LogP contribution in [0.15, 0.2) is 29.3 Å². The molecule has 0 aliphatic heterocycles. The molecule has 1 atom stereocenters. The highest BCUT2D eigenvalue weighted by molar-refractivity contribution is 6.58. The third kappa shape index (κ3) is 7.02. The van der Waals surface area contributed by atoms with Crippen molar-refractivity contribution < 1.29 is 14.8 Å². The maximum Gasteiger partial charge on any atom is 0.488 e. The standard InChI is InChI=1S/C9H10BNO3.C4H10/c1-7(11-6-12)8-3-2-4-9(5-8)10(13)14;1-4(2)3/h2-5,7,13-14H,1H3;4H,1-3H3. The van der Waals surface area contributed by atoms with Crippen molar-refractivity contribution >= 4 is 18.7 Å². The molecule has 1 aromatic carbocycles. The van der Waals surface area contributed by atoms with Crippen LogP contribution in [-0.2, 0) is 4.79 Å². The van der Waals surface area contributed by atoms with E-state index in [0.29, 0.717) is 5.46 Å². The van der Waals surface area contributed by atoms with Crippen molar-refractivity contribution in [1.29, 1.82) is 0 Å². The molecule has 0 bridgehead atoms. The van der Waals surface area contributed by atoms with Crippen molar-refractivity contribution in [3.63, 3.8) is 0 Å². The summed E-state index contributed by atoms with van der Waals surface area (Å²) in [6.45, 7) is 8.23. The van der Waals surface area contributed by atoms with Gasteiger partial charge in [-0.3, -0.25) is 0 Å². The summed E-state index contributed by atoms with van der Waals surface area (Å²) in [7, 11) is -1.50. The van der Waals surface area contributed by atoms with Crippen LogP contribution in [0.1, 0.15) is 39.3 Å². The number of carbonyl (C=O) groups excluding carboxylic acids is 1. The fourth-order valence-electron chi connectivity index (χ4n) is 1.13. The smallest absolute Gasteiger partial charge is 0.423 e. The van der Waals surface area contributed by atoms with Gasteiger partial charge in [-0.05, 0) is 23.9 Å². The molecule has 1 rings (SSSR count). The van der Waals surface area contributed by atoms with Gasteiger partial charge in [0.1, 0.15) is 0 Å². The molecule has 98 valence electrons. The van der Waals surface area contributed by atoms with Crippen LogP contribution in [0.25, 0.3) is 0 Å². The highest BCUT2D eigenvalue weighted by Crippen LogP contribution is 2.13. The van der Waals surface area contributed by atoms with Crippen molar-refractivity contribution in [2.24, 2.45) is 10.9 Å². The molecular weight excluding hydrogens is 229 g/mol. The average molecular weight is 249 g/mol. The molecule has 0 spiro atoms. The summed E-state index contributed by atoms with van der Waals surface area (Å²) in [6.07, 6.45) is 1.46. The number of rotatable bonds is 3. The minimum atomic E-state index is -1.50. The van der Waals surface area contributed by atoms with Gasteiger partial charge >= 0.3 is 7.12 Å². The van der Waals surface area contributed by atoms with Gasteiger partial charge in [-0.15, -0.1) is 0 Å². The van der Waals surface area contributed by atoms with E-state index >= 15 is 0 Å². The van der Waals surface area contributed by atoms with Crippen molar-refractivity contribution in [3.05, 3.63) is 29.8 Å². The van der Waals surface area contributed by atoms with Crippen LogP contribution in [0, 0.1) is 5.92 Å². The molecule has 0 aromatic heterocycles. The summed E-state index contributed by atoms with van der Waals surface area (Å²) in [5.74, 6) is 0.833. The fourth-order valence-corrected chi connectivity index (χ4v) is 1.13. The van der Waals surface area contributed by atoms with Gasteiger partial charge in [-0.2, -0.15) is 4.99 Å². The van der Waals surface area contributed by atoms with Gasteiger partial charge in [0.25, 0.3) is 0 Å². The van der Waals surface area contributed by atoms with E-state index < -0.39 is 7.12 Å². The van der Waals surface area contributed by atoms with Crippen LogP contribution >= 0.6 is 0 Å². The summed E-state index contributed by atoms with van der Waals surface area (Å²) in [5, 5.41) is 17.8. The predicted octanol–water partition coefficient (Wildman–Crippen LogP) is 1.43. The summed E-state index contributed by atoms with van der Waals surface area (Å²) in [4.78, 5) is 13.5. The number of hydrogen-bond donors (Lipinski definition) is 2. The van der Waals surface area contributed by atoms with E-state index in [1.165, 1.54) is 6.08 Å². The molecular formula is C13H20BNO3. The number of nitrogens with zero attached hydrogens (tertiary/aromatic N) is 1. The Bertz CT molecular complexity index is 398. The second-order valence-electron chi connectivity index (χ2n) is 4.67. The number of hydrogen-bond acceptors (Lipinski definition) is 4. The summed E-state index contributed by atoms with van der Waals surface area (Å²) in [5.41, 5.74) is 1.13. The van der Waals surface area contributed by atoms with Crippen molar-refractivity contribution in [3.8, 4) is 0 Å². The molecule has 18 heavy (non-hydrogen) atoms. The zero-order chi connectivity index (χ0) is 14.1. The van der Waals surface area contributed by atoms with Gasteiger partial charge in [-0.25, -0.2) is 4.79 Å². The Morgan fingerprint density at radius 2 is 1.78 bits per heavy atom. The molecule has 0 aliphatic rings. The van der Waals surface area contributed by atoms with Gasteiger partial charge in [0.15, 0.2) is 0 Å². The van der Waals surface area contributed by atoms with Gasteiger partial charge in [0.2, 0.25) is 6.08 Å². The van der Waals surface area contributed by atoms with Crippen LogP contribution in [0.4, 0.5) is 0 Å². The zero-order valence-electron chi connectivity index (χ0n) is 11.3. The van der Waals surface area contributed by atoms with Gasteiger partial charge in [-0.1, -0.05) is 45.0 Å².